The summed E-state index contributed by atoms with van der Waals surface area (Å²) in [4.78, 5) is 36.8. The highest BCUT2D eigenvalue weighted by atomic mass is 32.2. The fourth-order valence-corrected chi connectivity index (χ4v) is 5.63. The molecule has 184 valence electrons. The van der Waals surface area contributed by atoms with Crippen molar-refractivity contribution in [2.75, 3.05) is 31.9 Å². The van der Waals surface area contributed by atoms with E-state index < -0.39 is 18.1 Å². The van der Waals surface area contributed by atoms with E-state index in [9.17, 15) is 14.4 Å². The van der Waals surface area contributed by atoms with Crippen molar-refractivity contribution in [3.63, 3.8) is 0 Å². The van der Waals surface area contributed by atoms with Crippen LogP contribution in [0.5, 0.6) is 5.75 Å². The van der Waals surface area contributed by atoms with Gasteiger partial charge in [-0.25, -0.2) is 9.59 Å². The Balaban J connectivity index is 2.42. The summed E-state index contributed by atoms with van der Waals surface area (Å²) in [6, 6.07) is 4.44. The van der Waals surface area contributed by atoms with Gasteiger partial charge in [0.05, 0.1) is 20.8 Å². The summed E-state index contributed by atoms with van der Waals surface area (Å²) in [5, 5.41) is 5.95. The zero-order chi connectivity index (χ0) is 24.4. The van der Waals surface area contributed by atoms with Gasteiger partial charge in [-0.3, -0.25) is 4.79 Å². The molecule has 9 heteroatoms. The first-order valence-electron chi connectivity index (χ1n) is 11.4. The highest BCUT2D eigenvalue weighted by Crippen LogP contribution is 2.48. The van der Waals surface area contributed by atoms with E-state index in [4.69, 9.17) is 14.2 Å². The number of hydrogen-bond donors (Lipinski definition) is 2. The second-order valence-corrected chi connectivity index (χ2v) is 9.19. The first-order chi connectivity index (χ1) is 15.9. The van der Waals surface area contributed by atoms with Crippen LogP contribution in [0.3, 0.4) is 0 Å². The Morgan fingerprint density at radius 2 is 1.94 bits per heavy atom. The third-order valence-corrected chi connectivity index (χ3v) is 7.17. The van der Waals surface area contributed by atoms with Gasteiger partial charge in [-0.15, -0.1) is 0 Å². The molecule has 33 heavy (non-hydrogen) atoms. The molecule has 0 unspecified atom stereocenters. The molecule has 0 aromatic heterocycles. The van der Waals surface area contributed by atoms with E-state index in [-0.39, 0.29) is 23.0 Å². The summed E-state index contributed by atoms with van der Waals surface area (Å²) in [5.74, 6) is -0.111. The van der Waals surface area contributed by atoms with Crippen LogP contribution in [0.15, 0.2) is 18.2 Å². The van der Waals surface area contributed by atoms with Crippen molar-refractivity contribution in [3.05, 3.63) is 23.8 Å². The van der Waals surface area contributed by atoms with E-state index in [2.05, 4.69) is 17.6 Å². The van der Waals surface area contributed by atoms with Crippen LogP contribution < -0.4 is 15.4 Å². The summed E-state index contributed by atoms with van der Waals surface area (Å²) in [7, 11) is 2.92. The first kappa shape index (κ1) is 26.8. The average Bonchev–Trinajstić information content (AvgIpc) is 2.80. The minimum Gasteiger partial charge on any atom is -0.497 e. The van der Waals surface area contributed by atoms with E-state index in [0.717, 1.165) is 42.7 Å². The van der Waals surface area contributed by atoms with E-state index >= 15 is 0 Å². The van der Waals surface area contributed by atoms with Gasteiger partial charge in [0.2, 0.25) is 5.91 Å². The van der Waals surface area contributed by atoms with Gasteiger partial charge in [-0.2, -0.15) is 11.8 Å². The first-order valence-corrected chi connectivity index (χ1v) is 12.5. The Bertz CT molecular complexity index is 818. The van der Waals surface area contributed by atoms with Crippen molar-refractivity contribution in [3.8, 4) is 5.75 Å². The summed E-state index contributed by atoms with van der Waals surface area (Å²) in [5.41, 5.74) is 1.85. The highest BCUT2D eigenvalue weighted by Gasteiger charge is 2.41. The van der Waals surface area contributed by atoms with Gasteiger partial charge < -0.3 is 24.8 Å². The van der Waals surface area contributed by atoms with Crippen LogP contribution in [0.4, 0.5) is 5.69 Å². The quantitative estimate of drug-likeness (QED) is 0.345. The lowest BCUT2D eigenvalue weighted by Crippen LogP contribution is -2.45. The number of rotatable bonds is 12. The third kappa shape index (κ3) is 7.28. The Morgan fingerprint density at radius 3 is 2.55 bits per heavy atom. The smallest absolute Gasteiger partial charge is 0.329 e. The van der Waals surface area contributed by atoms with Crippen LogP contribution >= 0.6 is 11.8 Å². The van der Waals surface area contributed by atoms with E-state index in [1.165, 1.54) is 25.8 Å². The van der Waals surface area contributed by atoms with Crippen LogP contribution in [-0.4, -0.2) is 56.5 Å². The van der Waals surface area contributed by atoms with Crippen molar-refractivity contribution < 1.29 is 28.6 Å². The number of nitrogens with one attached hydrogen (secondary N) is 2. The predicted octanol–water partition coefficient (Wildman–Crippen LogP) is 3.70. The second-order valence-electron chi connectivity index (χ2n) is 8.02. The van der Waals surface area contributed by atoms with Gasteiger partial charge >= 0.3 is 11.9 Å². The van der Waals surface area contributed by atoms with Crippen molar-refractivity contribution >= 4 is 35.3 Å². The number of thioether (sulfide) groups is 1. The minimum absolute atomic E-state index is 0.0594. The number of methoxy groups -OCH3 is 2. The number of carbonyl (C=O) groups is 3. The monoisotopic (exact) mass is 480 g/mol. The fourth-order valence-electron chi connectivity index (χ4n) is 4.10. The molecule has 2 N–H and O–H groups in total. The molecule has 1 aromatic carbocycles. The van der Waals surface area contributed by atoms with Crippen LogP contribution in [0.2, 0.25) is 0 Å². The molecule has 0 saturated heterocycles. The zero-order valence-electron chi connectivity index (χ0n) is 20.1. The number of carbonyl (C=O) groups excluding carboxylic acids is 3. The Morgan fingerprint density at radius 1 is 1.18 bits per heavy atom. The van der Waals surface area contributed by atoms with Crippen molar-refractivity contribution in [2.45, 2.75) is 63.8 Å². The molecule has 1 amide bonds. The molecule has 1 heterocycles. The SMILES string of the molecule is CCCCC[C@H]1[C@@H](C(=O)OCC)Nc2ccc(OC)cc2[C@@H]1SC[C@H](NC(C)=O)C(=O)OC. The maximum atomic E-state index is 12.9. The largest absolute Gasteiger partial charge is 0.497 e. The molecular weight excluding hydrogens is 444 g/mol. The molecule has 0 saturated carbocycles. The third-order valence-electron chi connectivity index (χ3n) is 5.68. The number of anilines is 1. The van der Waals surface area contributed by atoms with E-state index in [1.54, 1.807) is 14.0 Å². The molecule has 0 spiro atoms. The maximum Gasteiger partial charge on any atom is 0.329 e. The van der Waals surface area contributed by atoms with Crippen LogP contribution in [-0.2, 0) is 23.9 Å². The standard InChI is InChI=1S/C24H36N2O6S/c1-6-8-9-10-17-21(24(29)32-7-2)26-19-12-11-16(30-4)13-18(19)22(17)33-14-20(23(28)31-5)25-15(3)27/h11-13,17,20-22,26H,6-10,14H2,1-5H3,(H,25,27)/t17-,20-,21-,22+/m0/s1. The summed E-state index contributed by atoms with van der Waals surface area (Å²) < 4.78 is 15.7. The van der Waals surface area contributed by atoms with Crippen LogP contribution in [0.1, 0.15) is 57.3 Å². The average molecular weight is 481 g/mol. The maximum absolute atomic E-state index is 12.9. The van der Waals surface area contributed by atoms with Gasteiger partial charge in [-0.1, -0.05) is 26.2 Å². The minimum atomic E-state index is -0.779. The molecule has 8 nitrogen and oxygen atoms in total. The zero-order valence-corrected chi connectivity index (χ0v) is 21.0. The number of benzene rings is 1. The molecule has 1 aromatic rings. The summed E-state index contributed by atoms with van der Waals surface area (Å²) >= 11 is 1.54. The predicted molar refractivity (Wildman–Crippen MR) is 129 cm³/mol. The molecule has 1 aliphatic heterocycles. The molecule has 0 radical (unpaired) electrons. The van der Waals surface area contributed by atoms with Gasteiger partial charge in [0.25, 0.3) is 0 Å². The molecule has 2 rings (SSSR count). The molecular formula is C24H36N2O6S. The van der Waals surface area contributed by atoms with Gasteiger partial charge in [0.1, 0.15) is 17.8 Å². The van der Waals surface area contributed by atoms with Crippen molar-refractivity contribution in [1.29, 1.82) is 0 Å². The topological polar surface area (TPSA) is 103 Å². The normalized spacial score (nSPS) is 20.1. The molecule has 0 bridgehead atoms. The molecule has 1 aliphatic rings. The number of unbranched alkanes of at least 4 members (excludes halogenated alkanes) is 2. The summed E-state index contributed by atoms with van der Waals surface area (Å²) in [6.07, 6.45) is 3.92. The molecule has 0 aliphatic carbocycles. The van der Waals surface area contributed by atoms with E-state index in [1.807, 2.05) is 18.2 Å². The lowest BCUT2D eigenvalue weighted by Gasteiger charge is -2.40. The number of hydrogen-bond acceptors (Lipinski definition) is 8. The van der Waals surface area contributed by atoms with Gasteiger partial charge in [-0.05, 0) is 37.1 Å². The fraction of sp³-hybridized carbons (Fsp3) is 0.625. The number of fused-ring (bicyclic) bond motifs is 1. The van der Waals surface area contributed by atoms with Crippen LogP contribution in [0, 0.1) is 5.92 Å². The lowest BCUT2D eigenvalue weighted by molar-refractivity contribution is -0.145. The van der Waals surface area contributed by atoms with Crippen molar-refractivity contribution in [1.82, 2.24) is 5.32 Å². The number of amides is 1. The Kier molecular flexibility index (Phi) is 10.8. The second kappa shape index (κ2) is 13.3. The molecule has 0 fully saturated rings. The Labute approximate surface area is 200 Å². The van der Waals surface area contributed by atoms with E-state index in [0.29, 0.717) is 12.4 Å². The number of esters is 2. The lowest BCUT2D eigenvalue weighted by atomic mass is 9.83. The van der Waals surface area contributed by atoms with Gasteiger partial charge in [0, 0.05) is 29.5 Å². The Hall–Kier alpha value is -2.42. The van der Waals surface area contributed by atoms with Crippen LogP contribution in [0.25, 0.3) is 0 Å². The van der Waals surface area contributed by atoms with Crippen molar-refractivity contribution in [2.24, 2.45) is 5.92 Å². The highest BCUT2D eigenvalue weighted by molar-refractivity contribution is 7.99. The summed E-state index contributed by atoms with van der Waals surface area (Å²) in [6.45, 7) is 5.61. The number of ether oxygens (including phenoxy) is 3. The van der Waals surface area contributed by atoms with Gasteiger partial charge in [0.15, 0.2) is 0 Å². The molecule has 4 atom stereocenters.